The van der Waals surface area contributed by atoms with Crippen LogP contribution in [0.25, 0.3) is 43.4 Å². The lowest BCUT2D eigenvalue weighted by Crippen LogP contribution is -2.44. The number of anilines is 1. The summed E-state index contributed by atoms with van der Waals surface area (Å²) in [5, 5.41) is 40.1. The van der Waals surface area contributed by atoms with Crippen LogP contribution in [0.2, 0.25) is 0 Å². The van der Waals surface area contributed by atoms with Gasteiger partial charge in [0.25, 0.3) is 17.7 Å². The minimum Gasteiger partial charge on any atom is -0.481 e. The van der Waals surface area contributed by atoms with E-state index in [4.69, 9.17) is 35.4 Å². The number of carbonyl (C=O) groups excluding carboxylic acids is 6. The fourth-order valence-electron chi connectivity index (χ4n) is 9.22. The van der Waals surface area contributed by atoms with E-state index in [0.717, 1.165) is 29.2 Å². The van der Waals surface area contributed by atoms with Crippen LogP contribution in [0, 0.1) is 24.7 Å². The van der Waals surface area contributed by atoms with E-state index in [1.807, 2.05) is 42.8 Å². The predicted octanol–water partition coefficient (Wildman–Crippen LogP) is 7.99. The van der Waals surface area contributed by atoms with Gasteiger partial charge in [0.15, 0.2) is 0 Å². The lowest BCUT2D eigenvalue weighted by Gasteiger charge is -2.34. The van der Waals surface area contributed by atoms with Crippen molar-refractivity contribution in [3.8, 4) is 43.4 Å². The maximum atomic E-state index is 14.4. The van der Waals surface area contributed by atoms with Gasteiger partial charge < -0.3 is 42.0 Å². The van der Waals surface area contributed by atoms with Gasteiger partial charge in [-0.15, -0.1) is 68.0 Å². The Morgan fingerprint density at radius 2 is 1.46 bits per heavy atom. The summed E-state index contributed by atoms with van der Waals surface area (Å²) in [5.41, 5.74) is 9.05. The molecule has 6 amide bonds. The van der Waals surface area contributed by atoms with Crippen LogP contribution in [-0.4, -0.2) is 120 Å². The van der Waals surface area contributed by atoms with Crippen molar-refractivity contribution in [3.63, 3.8) is 0 Å². The Labute approximate surface area is 522 Å². The van der Waals surface area contributed by atoms with E-state index in [2.05, 4.69) is 43.4 Å². The highest BCUT2D eigenvalue weighted by molar-refractivity contribution is 7.15. The van der Waals surface area contributed by atoms with E-state index < -0.39 is 71.9 Å². The minimum atomic E-state index is -1.02. The number of ether oxygens (including phenoxy) is 1. The smallest absolute Gasteiger partial charge is 0.306 e. The van der Waals surface area contributed by atoms with Crippen LogP contribution in [0.3, 0.4) is 0 Å². The van der Waals surface area contributed by atoms with Gasteiger partial charge in [0.05, 0.1) is 53.2 Å². The maximum absolute atomic E-state index is 14.4. The molecule has 1 fully saturated rings. The molecule has 1 aliphatic rings. The molecule has 0 saturated heterocycles. The fraction of sp³-hybridized carbons (Fsp3) is 0.351. The van der Waals surface area contributed by atoms with Crippen molar-refractivity contribution < 1.29 is 53.3 Å². The van der Waals surface area contributed by atoms with Crippen LogP contribution < -0.4 is 31.9 Å². The Hall–Kier alpha value is -8.13. The number of nitrogens with one attached hydrogen (secondary N) is 4. The van der Waals surface area contributed by atoms with Crippen molar-refractivity contribution in [1.82, 2.24) is 56.2 Å². The molecule has 0 aliphatic heterocycles. The molecule has 1 aliphatic carbocycles. The number of pyridine rings is 1. The number of rotatable bonds is 28. The molecule has 7 heterocycles. The summed E-state index contributed by atoms with van der Waals surface area (Å²) in [6, 6.07) is 12.0. The van der Waals surface area contributed by atoms with Gasteiger partial charge in [-0.2, -0.15) is 0 Å². The van der Waals surface area contributed by atoms with Crippen molar-refractivity contribution in [2.45, 2.75) is 84.4 Å². The Balaban J connectivity index is 0.987. The lowest BCUT2D eigenvalue weighted by molar-refractivity contribution is -0.148. The summed E-state index contributed by atoms with van der Waals surface area (Å²) in [6.45, 7) is 5.13. The van der Waals surface area contributed by atoms with Crippen molar-refractivity contribution in [1.29, 1.82) is 0 Å². The van der Waals surface area contributed by atoms with Crippen molar-refractivity contribution >= 4 is 121 Å². The molecular formula is C57H59N13O11S6. The minimum absolute atomic E-state index is 0.0137. The van der Waals surface area contributed by atoms with E-state index in [1.54, 1.807) is 41.2 Å². The average molecular weight is 1290 g/mol. The van der Waals surface area contributed by atoms with Gasteiger partial charge >= 0.3 is 11.9 Å². The molecule has 8 N–H and O–H groups in total. The SMILES string of the molecule is CNC(=O)C[C@H](NC(=O)c1csc(-c2ccc(-c3nc(N(CCCC(=O)O)C(=O)C4CC(C(=O)O)C4)cs3)nc2-c2csc(-c3csc(CCc4ccccc4)n3)n2)n1)c1nc(C(=O)NC(c2nc(C(=O)NCC(N)=O)c(COC)s2)C(C)C)c(C)s1. The van der Waals surface area contributed by atoms with Gasteiger partial charge in [-0.1, -0.05) is 44.2 Å². The third-order valence-electron chi connectivity index (χ3n) is 13.9. The molecule has 87 heavy (non-hydrogen) atoms. The molecule has 1 unspecified atom stereocenters. The number of aromatic nitrogens is 7. The molecule has 2 atom stereocenters. The van der Waals surface area contributed by atoms with Crippen LogP contribution in [-0.2, 0) is 48.2 Å². The molecule has 0 radical (unpaired) electrons. The summed E-state index contributed by atoms with van der Waals surface area (Å²) in [5.74, 6) is -6.43. The van der Waals surface area contributed by atoms with Crippen LogP contribution in [0.15, 0.2) is 64.0 Å². The summed E-state index contributed by atoms with van der Waals surface area (Å²) in [6.07, 6.45) is 1.63. The van der Waals surface area contributed by atoms with Gasteiger partial charge in [0.2, 0.25) is 17.7 Å². The first kappa shape index (κ1) is 63.4. The molecule has 7 aromatic heterocycles. The van der Waals surface area contributed by atoms with Gasteiger partial charge in [-0.25, -0.2) is 34.9 Å². The van der Waals surface area contributed by atoms with E-state index in [0.29, 0.717) is 58.1 Å². The van der Waals surface area contributed by atoms with Crippen LogP contribution in [0.4, 0.5) is 5.82 Å². The number of carbonyl (C=O) groups is 8. The number of hydrogen-bond donors (Lipinski definition) is 7. The van der Waals surface area contributed by atoms with Gasteiger partial charge in [-0.3, -0.25) is 43.3 Å². The Bertz CT molecular complexity index is 3850. The zero-order valence-corrected chi connectivity index (χ0v) is 52.4. The third kappa shape index (κ3) is 15.5. The monoisotopic (exact) mass is 1290 g/mol. The number of carboxylic acid groups (broad SMARTS) is 2. The van der Waals surface area contributed by atoms with Gasteiger partial charge in [0.1, 0.15) is 65.0 Å². The molecule has 0 bridgehead atoms. The summed E-state index contributed by atoms with van der Waals surface area (Å²) in [7, 11) is 2.92. The summed E-state index contributed by atoms with van der Waals surface area (Å²) < 4.78 is 5.31. The second-order valence-corrected chi connectivity index (χ2v) is 26.3. The highest BCUT2D eigenvalue weighted by Gasteiger charge is 2.41. The Kier molecular flexibility index (Phi) is 20.8. The largest absolute Gasteiger partial charge is 0.481 e. The van der Waals surface area contributed by atoms with Crippen molar-refractivity contribution in [3.05, 3.63) is 111 Å². The van der Waals surface area contributed by atoms with Crippen LogP contribution in [0.1, 0.15) is 120 Å². The second-order valence-electron chi connectivity index (χ2n) is 20.4. The molecule has 0 spiro atoms. The average Bonchev–Trinajstić information content (AvgIpc) is 2.13. The maximum Gasteiger partial charge on any atom is 0.306 e. The molecule has 9 rings (SSSR count). The lowest BCUT2D eigenvalue weighted by atomic mass is 9.74. The zero-order chi connectivity index (χ0) is 62.1. The number of primary amides is 1. The molecule has 1 saturated carbocycles. The normalized spacial score (nSPS) is 14.4. The zero-order valence-electron chi connectivity index (χ0n) is 47.5. The molecule has 30 heteroatoms. The number of benzene rings is 1. The van der Waals surface area contributed by atoms with Crippen molar-refractivity contribution in [2.75, 3.05) is 32.1 Å². The summed E-state index contributed by atoms with van der Waals surface area (Å²) in [4.78, 5) is 139. The van der Waals surface area contributed by atoms with Gasteiger partial charge in [-0.05, 0) is 56.2 Å². The number of carboxylic acids is 2. The second kappa shape index (κ2) is 28.6. The van der Waals surface area contributed by atoms with Crippen LogP contribution >= 0.6 is 68.0 Å². The predicted molar refractivity (Wildman–Crippen MR) is 331 cm³/mol. The Morgan fingerprint density at radius 1 is 0.736 bits per heavy atom. The first-order valence-corrected chi connectivity index (χ1v) is 32.4. The number of thiazole rings is 6. The third-order valence-corrected chi connectivity index (χ3v) is 19.6. The first-order chi connectivity index (χ1) is 41.8. The number of aliphatic carboxylic acids is 2. The number of nitrogens with zero attached hydrogens (tertiary/aromatic N) is 8. The number of methoxy groups -OCH3 is 1. The van der Waals surface area contributed by atoms with E-state index >= 15 is 0 Å². The highest BCUT2D eigenvalue weighted by Crippen LogP contribution is 2.41. The standard InChI is InChI=1S/C57H59N13O11S6/c1-27(2)44(55-69-47(38(87-55)22-81-5)49(76)60-21-39(58)71)67-50(77)45-28(3)86-54(68-45)34(20-41(72)59-4)63-48(75)36-24-83-51(65-36)32-14-15-33(52-66-40(26-85-52)70(17-9-12-43(73)74)56(78)30-18-31(19-30)57(79)80)62-46(32)35-23-84-53(64-35)37-25-82-42(61-37)16-13-29-10-7-6-8-11-29/h6-8,10-11,14-15,23-27,30-31,34,44H,9,12-13,16-22H2,1-5H3,(H2,58,71)(H,59,72)(H,60,76)(H,63,75)(H,67,77)(H,73,74)(H,79,80)/t30?,31?,34-,44?/m0/s1. The van der Waals surface area contributed by atoms with Gasteiger partial charge in [0, 0.05) is 71.4 Å². The number of hydrogen-bond acceptors (Lipinski definition) is 22. The molecule has 454 valence electrons. The topological polar surface area (TPSA) is 354 Å². The van der Waals surface area contributed by atoms with Crippen molar-refractivity contribution in [2.24, 2.45) is 23.5 Å². The number of nitrogens with two attached hydrogens (primary N) is 1. The molecule has 24 nitrogen and oxygen atoms in total. The van der Waals surface area contributed by atoms with Crippen LogP contribution in [0.5, 0.6) is 0 Å². The van der Waals surface area contributed by atoms with E-state index in [-0.39, 0.29) is 85.0 Å². The quantitative estimate of drug-likeness (QED) is 0.0244. The highest BCUT2D eigenvalue weighted by atomic mass is 32.1. The first-order valence-electron chi connectivity index (χ1n) is 27.2. The van der Waals surface area contributed by atoms with E-state index in [1.165, 1.54) is 70.0 Å². The molecule has 8 aromatic rings. The molecular weight excluding hydrogens is 1240 g/mol. The molecule has 1 aromatic carbocycles. The summed E-state index contributed by atoms with van der Waals surface area (Å²) >= 11 is 7.62. The Morgan fingerprint density at radius 3 is 2.17 bits per heavy atom. The number of amides is 6. The number of aryl methyl sites for hydroxylation is 3. The fourth-order valence-corrected chi connectivity index (χ4v) is 14.7. The van der Waals surface area contributed by atoms with E-state index in [9.17, 15) is 48.6 Å².